The lowest BCUT2D eigenvalue weighted by molar-refractivity contribution is -0.300. The third kappa shape index (κ3) is 4.13. The normalized spacial score (nSPS) is 32.9. The topological polar surface area (TPSA) is 111 Å². The lowest BCUT2D eigenvalue weighted by Gasteiger charge is -2.39. The molecule has 118 valence electrons. The maximum Gasteiger partial charge on any atom is 0.186 e. The van der Waals surface area contributed by atoms with E-state index in [1.54, 1.807) is 0 Å². The fourth-order valence-electron chi connectivity index (χ4n) is 2.13. The van der Waals surface area contributed by atoms with Gasteiger partial charge in [0.2, 0.25) is 0 Å². The van der Waals surface area contributed by atoms with Gasteiger partial charge in [-0.05, 0) is 12.1 Å². The zero-order valence-corrected chi connectivity index (χ0v) is 11.5. The summed E-state index contributed by atoms with van der Waals surface area (Å²) in [6.45, 7) is 0.254. The van der Waals surface area contributed by atoms with E-state index >= 15 is 0 Å². The molecule has 5 N–H and O–H groups in total. The summed E-state index contributed by atoms with van der Waals surface area (Å²) in [6, 6.07) is 9.54. The van der Waals surface area contributed by atoms with Crippen LogP contribution in [-0.2, 0) is 9.47 Å². The Bertz CT molecular complexity index is 415. The molecule has 3 unspecified atom stereocenters. The van der Waals surface area contributed by atoms with Crippen LogP contribution in [0.25, 0.3) is 0 Å². The second-order valence-corrected chi connectivity index (χ2v) is 4.86. The molecule has 0 spiro atoms. The molecule has 1 aromatic rings. The monoisotopic (exact) mass is 299 g/mol. The summed E-state index contributed by atoms with van der Waals surface area (Å²) in [5.41, 5.74) is 0.940. The van der Waals surface area contributed by atoms with Crippen molar-refractivity contribution in [3.8, 4) is 0 Å². The van der Waals surface area contributed by atoms with Gasteiger partial charge >= 0.3 is 0 Å². The van der Waals surface area contributed by atoms with Crippen LogP contribution < -0.4 is 5.32 Å². The molecule has 0 radical (unpaired) electrons. The number of aliphatic hydroxyl groups excluding tert-OH is 4. The molecule has 0 bridgehead atoms. The molecule has 1 aliphatic heterocycles. The summed E-state index contributed by atoms with van der Waals surface area (Å²) in [5, 5.41) is 41.2. The molecule has 2 rings (SSSR count). The first-order valence-electron chi connectivity index (χ1n) is 6.84. The quantitative estimate of drug-likeness (QED) is 0.425. The average molecular weight is 299 g/mol. The van der Waals surface area contributed by atoms with Gasteiger partial charge in [-0.3, -0.25) is 0 Å². The van der Waals surface area contributed by atoms with Gasteiger partial charge in [0.1, 0.15) is 24.4 Å². The van der Waals surface area contributed by atoms with Gasteiger partial charge in [0, 0.05) is 12.2 Å². The smallest absolute Gasteiger partial charge is 0.186 e. The first-order valence-corrected chi connectivity index (χ1v) is 6.84. The van der Waals surface area contributed by atoms with Crippen molar-refractivity contribution in [2.24, 2.45) is 0 Å². The number of hydrogen-bond donors (Lipinski definition) is 5. The van der Waals surface area contributed by atoms with Crippen LogP contribution in [0.2, 0.25) is 0 Å². The Hall–Kier alpha value is -1.22. The Kier molecular flexibility index (Phi) is 5.92. The minimum Gasteiger partial charge on any atom is -0.394 e. The van der Waals surface area contributed by atoms with Crippen molar-refractivity contribution >= 4 is 5.69 Å². The number of hydrogen-bond acceptors (Lipinski definition) is 7. The molecule has 1 saturated heterocycles. The fourth-order valence-corrected chi connectivity index (χ4v) is 2.13. The highest BCUT2D eigenvalue weighted by molar-refractivity contribution is 5.42. The molecule has 1 aliphatic rings. The van der Waals surface area contributed by atoms with Crippen molar-refractivity contribution in [3.63, 3.8) is 0 Å². The molecule has 21 heavy (non-hydrogen) atoms. The standard InChI is InChI=1S/C14H21NO6/c16-8-10-11(17)12(18)13(19)14(21-10)20-7-6-15-9-4-2-1-3-5-9/h1-5,10-19H,6-8H2/t10?,11-,12?,13?,14-/m1/s1. The molecular formula is C14H21NO6. The molecule has 0 aliphatic carbocycles. The van der Waals surface area contributed by atoms with Crippen LogP contribution >= 0.6 is 0 Å². The van der Waals surface area contributed by atoms with Gasteiger partial charge in [0.15, 0.2) is 6.29 Å². The van der Waals surface area contributed by atoms with Crippen LogP contribution in [0.5, 0.6) is 0 Å². The van der Waals surface area contributed by atoms with Crippen molar-refractivity contribution in [1.82, 2.24) is 0 Å². The van der Waals surface area contributed by atoms with Crippen molar-refractivity contribution in [1.29, 1.82) is 0 Å². The number of nitrogens with one attached hydrogen (secondary N) is 1. The van der Waals surface area contributed by atoms with Gasteiger partial charge in [-0.2, -0.15) is 0 Å². The molecule has 1 aromatic carbocycles. The predicted molar refractivity (Wildman–Crippen MR) is 74.7 cm³/mol. The molecule has 7 heteroatoms. The second-order valence-electron chi connectivity index (χ2n) is 4.86. The molecule has 0 saturated carbocycles. The van der Waals surface area contributed by atoms with E-state index in [0.717, 1.165) is 5.69 Å². The molecule has 1 heterocycles. The number of rotatable bonds is 6. The van der Waals surface area contributed by atoms with E-state index in [-0.39, 0.29) is 6.61 Å². The summed E-state index contributed by atoms with van der Waals surface area (Å²) in [7, 11) is 0. The van der Waals surface area contributed by atoms with Crippen molar-refractivity contribution < 1.29 is 29.9 Å². The summed E-state index contributed by atoms with van der Waals surface area (Å²) >= 11 is 0. The van der Waals surface area contributed by atoms with Gasteiger partial charge in [-0.25, -0.2) is 0 Å². The van der Waals surface area contributed by atoms with Gasteiger partial charge in [-0.1, -0.05) is 18.2 Å². The van der Waals surface area contributed by atoms with E-state index in [9.17, 15) is 15.3 Å². The van der Waals surface area contributed by atoms with Gasteiger partial charge < -0.3 is 35.2 Å². The van der Waals surface area contributed by atoms with Gasteiger partial charge in [0.05, 0.1) is 13.2 Å². The lowest BCUT2D eigenvalue weighted by atomic mass is 9.99. The fraction of sp³-hybridized carbons (Fsp3) is 0.571. The highest BCUT2D eigenvalue weighted by atomic mass is 16.7. The highest BCUT2D eigenvalue weighted by Gasteiger charge is 2.43. The van der Waals surface area contributed by atoms with Crippen molar-refractivity contribution in [2.45, 2.75) is 30.7 Å². The Morgan fingerprint density at radius 3 is 2.43 bits per heavy atom. The first kappa shape index (κ1) is 16.2. The van der Waals surface area contributed by atoms with Gasteiger partial charge in [-0.15, -0.1) is 0 Å². The van der Waals surface area contributed by atoms with Crippen LogP contribution in [0, 0.1) is 0 Å². The Morgan fingerprint density at radius 2 is 1.76 bits per heavy atom. The van der Waals surface area contributed by atoms with E-state index in [1.807, 2.05) is 30.3 Å². The molecule has 0 amide bonds. The van der Waals surface area contributed by atoms with Crippen LogP contribution in [-0.4, -0.2) is 70.9 Å². The first-order chi connectivity index (χ1) is 10.1. The Balaban J connectivity index is 1.77. The van der Waals surface area contributed by atoms with E-state index < -0.39 is 37.3 Å². The van der Waals surface area contributed by atoms with Crippen molar-refractivity contribution in [2.75, 3.05) is 25.1 Å². The summed E-state index contributed by atoms with van der Waals surface area (Å²) in [6.07, 6.45) is -6.18. The zero-order valence-electron chi connectivity index (χ0n) is 11.5. The molecule has 7 nitrogen and oxygen atoms in total. The molecule has 1 fully saturated rings. The number of para-hydroxylation sites is 1. The Labute approximate surface area is 122 Å². The van der Waals surface area contributed by atoms with Crippen molar-refractivity contribution in [3.05, 3.63) is 30.3 Å². The summed E-state index contributed by atoms with van der Waals surface area (Å²) in [5.74, 6) is 0. The maximum absolute atomic E-state index is 9.78. The largest absolute Gasteiger partial charge is 0.394 e. The minimum absolute atomic E-state index is 0.234. The number of ether oxygens (including phenoxy) is 2. The van der Waals surface area contributed by atoms with Crippen LogP contribution in [0.1, 0.15) is 0 Å². The minimum atomic E-state index is -1.41. The number of aliphatic hydroxyl groups is 4. The number of anilines is 1. The van der Waals surface area contributed by atoms with E-state index in [1.165, 1.54) is 0 Å². The van der Waals surface area contributed by atoms with E-state index in [0.29, 0.717) is 6.54 Å². The zero-order chi connectivity index (χ0) is 15.2. The summed E-state index contributed by atoms with van der Waals surface area (Å²) < 4.78 is 10.6. The summed E-state index contributed by atoms with van der Waals surface area (Å²) in [4.78, 5) is 0. The second kappa shape index (κ2) is 7.69. The third-order valence-corrected chi connectivity index (χ3v) is 3.34. The molecular weight excluding hydrogens is 278 g/mol. The van der Waals surface area contributed by atoms with Crippen LogP contribution in [0.3, 0.4) is 0 Å². The van der Waals surface area contributed by atoms with E-state index in [4.69, 9.17) is 14.6 Å². The van der Waals surface area contributed by atoms with Gasteiger partial charge in [0.25, 0.3) is 0 Å². The van der Waals surface area contributed by atoms with Crippen LogP contribution in [0.4, 0.5) is 5.69 Å². The molecule has 5 atom stereocenters. The predicted octanol–water partition coefficient (Wildman–Crippen LogP) is -1.09. The maximum atomic E-state index is 9.78. The average Bonchev–Trinajstić information content (AvgIpc) is 2.52. The number of benzene rings is 1. The third-order valence-electron chi connectivity index (χ3n) is 3.34. The lowest BCUT2D eigenvalue weighted by Crippen LogP contribution is -2.59. The highest BCUT2D eigenvalue weighted by Crippen LogP contribution is 2.21. The SMILES string of the molecule is OCC1O[C@@H](OCCNc2ccccc2)C(O)C(O)[C@@H]1O. The van der Waals surface area contributed by atoms with E-state index in [2.05, 4.69) is 5.32 Å². The van der Waals surface area contributed by atoms with Crippen LogP contribution in [0.15, 0.2) is 30.3 Å². The molecule has 0 aromatic heterocycles. The Morgan fingerprint density at radius 1 is 1.05 bits per heavy atom.